The highest BCUT2D eigenvalue weighted by Gasteiger charge is 2.30. The van der Waals surface area contributed by atoms with Crippen LogP contribution in [0.4, 0.5) is 5.69 Å². The number of benzene rings is 2. The molecule has 0 fully saturated rings. The molecule has 0 spiro atoms. The average Bonchev–Trinajstić information content (AvgIpc) is 3.02. The molecule has 0 bridgehead atoms. The molecule has 2 heterocycles. The Kier molecular flexibility index (Phi) is 2.20. The van der Waals surface area contributed by atoms with Crippen LogP contribution in [0.25, 0.3) is 21.4 Å². The number of nitrogens with zero attached hydrogens (tertiary/aromatic N) is 4. The molecule has 1 aliphatic rings. The topological polar surface area (TPSA) is 37.0 Å². The molecule has 0 atom stereocenters. The highest BCUT2D eigenvalue weighted by Crippen LogP contribution is 2.33. The van der Waals surface area contributed by atoms with E-state index in [9.17, 15) is 5.26 Å². The van der Waals surface area contributed by atoms with Crippen molar-refractivity contribution in [3.8, 4) is 11.8 Å². The van der Waals surface area contributed by atoms with E-state index in [0.29, 0.717) is 11.3 Å². The monoisotopic (exact) mass is 271 g/mol. The molecule has 0 radical (unpaired) electrons. The smallest absolute Gasteiger partial charge is 0.217 e. The predicted octanol–water partition coefficient (Wildman–Crippen LogP) is 3.01. The second-order valence-electron chi connectivity index (χ2n) is 5.29. The first-order chi connectivity index (χ1) is 10.2. The van der Waals surface area contributed by atoms with Crippen molar-refractivity contribution >= 4 is 16.6 Å². The molecule has 0 unspecified atom stereocenters. The molecular formula is C17H11N4+. The van der Waals surface area contributed by atoms with E-state index >= 15 is 0 Å². The zero-order chi connectivity index (χ0) is 14.6. The quantitative estimate of drug-likeness (QED) is 0.358. The van der Waals surface area contributed by atoms with Crippen LogP contribution in [0, 0.1) is 24.8 Å². The number of rotatable bonds is 0. The van der Waals surface area contributed by atoms with Gasteiger partial charge in [-0.1, -0.05) is 24.3 Å². The molecule has 2 aromatic carbocycles. The van der Waals surface area contributed by atoms with Crippen LogP contribution in [0.15, 0.2) is 36.5 Å². The Morgan fingerprint density at radius 2 is 2.19 bits per heavy atom. The van der Waals surface area contributed by atoms with Gasteiger partial charge < -0.3 is 0 Å². The molecule has 0 amide bonds. The van der Waals surface area contributed by atoms with E-state index in [-0.39, 0.29) is 0 Å². The molecule has 1 aliphatic heterocycles. The molecular weight excluding hydrogens is 260 g/mol. The zero-order valence-electron chi connectivity index (χ0n) is 11.5. The van der Waals surface area contributed by atoms with Gasteiger partial charge in [-0.05, 0) is 18.6 Å². The van der Waals surface area contributed by atoms with Gasteiger partial charge in [0.2, 0.25) is 11.9 Å². The Hall–Kier alpha value is -3.11. The van der Waals surface area contributed by atoms with E-state index in [1.54, 1.807) is 12.1 Å². The van der Waals surface area contributed by atoms with E-state index in [0.717, 1.165) is 23.1 Å². The molecule has 0 saturated heterocycles. The molecule has 0 N–H and O–H groups in total. The number of fused-ring (bicyclic) bond motifs is 5. The number of hydrogen-bond donors (Lipinski definition) is 0. The molecule has 0 aliphatic carbocycles. The molecule has 4 rings (SSSR count). The van der Waals surface area contributed by atoms with Crippen LogP contribution in [0.3, 0.4) is 0 Å². The Morgan fingerprint density at radius 3 is 2.95 bits per heavy atom. The van der Waals surface area contributed by atoms with Gasteiger partial charge in [-0.2, -0.15) is 5.26 Å². The van der Waals surface area contributed by atoms with Crippen molar-refractivity contribution in [1.82, 2.24) is 4.68 Å². The lowest BCUT2D eigenvalue weighted by Crippen LogP contribution is -2.36. The lowest BCUT2D eigenvalue weighted by molar-refractivity contribution is -0.749. The van der Waals surface area contributed by atoms with Gasteiger partial charge in [0.15, 0.2) is 6.54 Å². The van der Waals surface area contributed by atoms with Crippen LogP contribution in [0.5, 0.6) is 0 Å². The summed E-state index contributed by atoms with van der Waals surface area (Å²) in [4.78, 5) is 3.63. The van der Waals surface area contributed by atoms with E-state index in [2.05, 4.69) is 45.4 Å². The average molecular weight is 271 g/mol. The minimum atomic E-state index is 0.581. The molecule has 21 heavy (non-hydrogen) atoms. The SMILES string of the molecule is [C-]#[N+]c1ccc(C#N)c2c[n+]3n(c12)-c1cc(C)ccc1C3. The normalized spacial score (nSPS) is 11.8. The fraction of sp³-hybridized carbons (Fsp3) is 0.118. The fourth-order valence-corrected chi connectivity index (χ4v) is 3.03. The zero-order valence-corrected chi connectivity index (χ0v) is 11.5. The standard InChI is InChI=1S/C17H11N4/c1-11-3-4-13-9-20-10-14-12(8-18)5-6-15(19-2)17(14)21(20)16(13)7-11/h3-7,10H,9H2,1H3/q+1. The molecule has 1 aromatic heterocycles. The molecule has 4 nitrogen and oxygen atoms in total. The van der Waals surface area contributed by atoms with Crippen molar-refractivity contribution in [3.05, 3.63) is 64.6 Å². The minimum Gasteiger partial charge on any atom is -0.236 e. The van der Waals surface area contributed by atoms with E-state index in [1.165, 1.54) is 11.1 Å². The summed E-state index contributed by atoms with van der Waals surface area (Å²) in [5.74, 6) is 0. The minimum absolute atomic E-state index is 0.581. The summed E-state index contributed by atoms with van der Waals surface area (Å²) in [5.41, 5.74) is 5.54. The third-order valence-corrected chi connectivity index (χ3v) is 3.98. The number of nitriles is 1. The number of hydrogen-bond acceptors (Lipinski definition) is 1. The predicted molar refractivity (Wildman–Crippen MR) is 78.3 cm³/mol. The van der Waals surface area contributed by atoms with Gasteiger partial charge in [0.1, 0.15) is 11.2 Å². The van der Waals surface area contributed by atoms with Gasteiger partial charge in [-0.3, -0.25) is 0 Å². The summed E-state index contributed by atoms with van der Waals surface area (Å²) in [7, 11) is 0. The molecule has 98 valence electrons. The second-order valence-corrected chi connectivity index (χ2v) is 5.29. The maximum Gasteiger partial charge on any atom is 0.217 e. The molecule has 0 saturated carbocycles. The van der Waals surface area contributed by atoms with Gasteiger partial charge in [-0.25, -0.2) is 4.85 Å². The van der Waals surface area contributed by atoms with Gasteiger partial charge in [0.05, 0.1) is 23.6 Å². The third kappa shape index (κ3) is 1.45. The van der Waals surface area contributed by atoms with Crippen LogP contribution in [-0.2, 0) is 6.54 Å². The second kappa shape index (κ2) is 3.94. The maximum atomic E-state index is 9.28. The number of aromatic nitrogens is 2. The molecule has 3 aromatic rings. The maximum absolute atomic E-state index is 9.28. The van der Waals surface area contributed by atoms with Crippen molar-refractivity contribution in [2.45, 2.75) is 13.5 Å². The van der Waals surface area contributed by atoms with Gasteiger partial charge in [0.25, 0.3) is 0 Å². The number of aryl methyl sites for hydroxylation is 1. The van der Waals surface area contributed by atoms with Crippen LogP contribution in [0.2, 0.25) is 0 Å². The third-order valence-electron chi connectivity index (χ3n) is 3.98. The van der Waals surface area contributed by atoms with Crippen molar-refractivity contribution < 1.29 is 4.68 Å². The lowest BCUT2D eigenvalue weighted by atomic mass is 10.1. The molecule has 4 heteroatoms. The summed E-state index contributed by atoms with van der Waals surface area (Å²) in [6.45, 7) is 10.2. The Labute approximate surface area is 121 Å². The highest BCUT2D eigenvalue weighted by atomic mass is 15.4. The van der Waals surface area contributed by atoms with Crippen molar-refractivity contribution in [2.24, 2.45) is 0 Å². The van der Waals surface area contributed by atoms with E-state index in [4.69, 9.17) is 6.57 Å². The Balaban J connectivity index is 2.18. The lowest BCUT2D eigenvalue weighted by Gasteiger charge is -2.01. The summed E-state index contributed by atoms with van der Waals surface area (Å²) >= 11 is 0. The summed E-state index contributed by atoms with van der Waals surface area (Å²) in [6.07, 6.45) is 1.97. The first kappa shape index (κ1) is 11.7. The summed E-state index contributed by atoms with van der Waals surface area (Å²) in [6, 6.07) is 12.0. The van der Waals surface area contributed by atoms with Crippen molar-refractivity contribution in [1.29, 1.82) is 5.26 Å². The summed E-state index contributed by atoms with van der Waals surface area (Å²) in [5, 5.41) is 10.1. The van der Waals surface area contributed by atoms with Crippen LogP contribution >= 0.6 is 0 Å². The Bertz CT molecular complexity index is 996. The van der Waals surface area contributed by atoms with Crippen LogP contribution in [-0.4, -0.2) is 4.68 Å². The highest BCUT2D eigenvalue weighted by molar-refractivity contribution is 5.95. The summed E-state index contributed by atoms with van der Waals surface area (Å²) < 4.78 is 4.14. The first-order valence-electron chi connectivity index (χ1n) is 6.68. The van der Waals surface area contributed by atoms with Gasteiger partial charge in [0, 0.05) is 5.56 Å². The van der Waals surface area contributed by atoms with Crippen molar-refractivity contribution in [2.75, 3.05) is 0 Å². The van der Waals surface area contributed by atoms with Crippen molar-refractivity contribution in [3.63, 3.8) is 0 Å². The van der Waals surface area contributed by atoms with E-state index < -0.39 is 0 Å². The Morgan fingerprint density at radius 1 is 1.33 bits per heavy atom. The van der Waals surface area contributed by atoms with Crippen LogP contribution < -0.4 is 4.68 Å². The van der Waals surface area contributed by atoms with E-state index in [1.807, 2.05) is 6.20 Å². The van der Waals surface area contributed by atoms with Crippen LogP contribution in [0.1, 0.15) is 16.7 Å². The van der Waals surface area contributed by atoms with Gasteiger partial charge >= 0.3 is 0 Å². The fourth-order valence-electron chi connectivity index (χ4n) is 3.03. The largest absolute Gasteiger partial charge is 0.236 e. The first-order valence-corrected chi connectivity index (χ1v) is 6.68. The van der Waals surface area contributed by atoms with Gasteiger partial charge in [-0.15, -0.1) is 9.36 Å².